The first-order valence-electron chi connectivity index (χ1n) is 5.23. The van der Waals surface area contributed by atoms with Crippen molar-refractivity contribution in [1.29, 1.82) is 0 Å². The highest BCUT2D eigenvalue weighted by Crippen LogP contribution is 2.10. The molecule has 88 valence electrons. The summed E-state index contributed by atoms with van der Waals surface area (Å²) in [6, 6.07) is -0.478. The van der Waals surface area contributed by atoms with Crippen molar-refractivity contribution in [3.8, 4) is 0 Å². The molecular formula is C10H19FN2O2. The quantitative estimate of drug-likeness (QED) is 0.695. The Labute approximate surface area is 89.6 Å². The number of hydrogen-bond acceptors (Lipinski definition) is 3. The SMILES string of the molecule is CC(C)(C)OC(=O)NC1CNCCC1F. The number of nitrogens with one attached hydrogen (secondary N) is 2. The molecule has 0 aromatic heterocycles. The van der Waals surface area contributed by atoms with E-state index in [9.17, 15) is 9.18 Å². The number of hydrogen-bond donors (Lipinski definition) is 2. The van der Waals surface area contributed by atoms with Crippen molar-refractivity contribution in [2.24, 2.45) is 0 Å². The molecule has 1 rings (SSSR count). The fraction of sp³-hybridized carbons (Fsp3) is 0.900. The number of amides is 1. The number of piperidine rings is 1. The summed E-state index contributed by atoms with van der Waals surface area (Å²) in [6.45, 7) is 6.45. The van der Waals surface area contributed by atoms with Gasteiger partial charge in [-0.25, -0.2) is 9.18 Å². The van der Waals surface area contributed by atoms with Crippen molar-refractivity contribution in [2.45, 2.75) is 45.0 Å². The number of ether oxygens (including phenoxy) is 1. The van der Waals surface area contributed by atoms with Crippen molar-refractivity contribution >= 4 is 6.09 Å². The predicted octanol–water partition coefficient (Wildman–Crippen LogP) is 1.21. The monoisotopic (exact) mass is 218 g/mol. The second kappa shape index (κ2) is 4.79. The summed E-state index contributed by atoms with van der Waals surface area (Å²) >= 11 is 0. The molecule has 1 saturated heterocycles. The van der Waals surface area contributed by atoms with Gasteiger partial charge in [0.25, 0.3) is 0 Å². The van der Waals surface area contributed by atoms with Crippen LogP contribution in [0.15, 0.2) is 0 Å². The highest BCUT2D eigenvalue weighted by molar-refractivity contribution is 5.68. The molecule has 0 aromatic carbocycles. The summed E-state index contributed by atoms with van der Waals surface area (Å²) in [7, 11) is 0. The van der Waals surface area contributed by atoms with E-state index in [0.717, 1.165) is 0 Å². The van der Waals surface area contributed by atoms with Crippen LogP contribution in [0.2, 0.25) is 0 Å². The van der Waals surface area contributed by atoms with Gasteiger partial charge in [0.1, 0.15) is 11.8 Å². The van der Waals surface area contributed by atoms with Crippen LogP contribution < -0.4 is 10.6 Å². The zero-order valence-electron chi connectivity index (χ0n) is 9.47. The molecule has 1 fully saturated rings. The predicted molar refractivity (Wildman–Crippen MR) is 55.5 cm³/mol. The van der Waals surface area contributed by atoms with Gasteiger partial charge in [-0.1, -0.05) is 0 Å². The fourth-order valence-corrected chi connectivity index (χ4v) is 1.43. The molecule has 15 heavy (non-hydrogen) atoms. The second-order valence-corrected chi connectivity index (χ2v) is 4.76. The van der Waals surface area contributed by atoms with E-state index in [4.69, 9.17) is 4.74 Å². The Hall–Kier alpha value is -0.840. The number of rotatable bonds is 1. The molecule has 0 bridgehead atoms. The van der Waals surface area contributed by atoms with Gasteiger partial charge in [0.15, 0.2) is 0 Å². The topological polar surface area (TPSA) is 50.4 Å². The van der Waals surface area contributed by atoms with Crippen LogP contribution in [-0.2, 0) is 4.74 Å². The summed E-state index contributed by atoms with van der Waals surface area (Å²) in [5.41, 5.74) is -0.544. The van der Waals surface area contributed by atoms with Gasteiger partial charge in [-0.2, -0.15) is 0 Å². The Morgan fingerprint density at radius 3 is 2.73 bits per heavy atom. The molecular weight excluding hydrogens is 199 g/mol. The lowest BCUT2D eigenvalue weighted by Gasteiger charge is -2.28. The zero-order chi connectivity index (χ0) is 11.5. The van der Waals surface area contributed by atoms with Crippen LogP contribution in [0.5, 0.6) is 0 Å². The molecule has 1 aliphatic heterocycles. The van der Waals surface area contributed by atoms with Crippen LogP contribution in [0.1, 0.15) is 27.2 Å². The Balaban J connectivity index is 2.36. The van der Waals surface area contributed by atoms with Crippen molar-refractivity contribution in [3.05, 3.63) is 0 Å². The van der Waals surface area contributed by atoms with E-state index in [-0.39, 0.29) is 0 Å². The largest absolute Gasteiger partial charge is 0.444 e. The van der Waals surface area contributed by atoms with E-state index < -0.39 is 23.9 Å². The summed E-state index contributed by atoms with van der Waals surface area (Å²) in [6.07, 6.45) is -1.11. The number of halogens is 1. The minimum Gasteiger partial charge on any atom is -0.444 e. The average Bonchev–Trinajstić information content (AvgIpc) is 2.05. The van der Waals surface area contributed by atoms with Gasteiger partial charge in [0.05, 0.1) is 6.04 Å². The van der Waals surface area contributed by atoms with Crippen LogP contribution >= 0.6 is 0 Å². The molecule has 1 heterocycles. The van der Waals surface area contributed by atoms with E-state index in [2.05, 4.69) is 10.6 Å². The van der Waals surface area contributed by atoms with Crippen LogP contribution in [0, 0.1) is 0 Å². The van der Waals surface area contributed by atoms with Gasteiger partial charge in [0.2, 0.25) is 0 Å². The third kappa shape index (κ3) is 4.46. The third-order valence-electron chi connectivity index (χ3n) is 2.10. The van der Waals surface area contributed by atoms with Gasteiger partial charge in [-0.05, 0) is 33.7 Å². The lowest BCUT2D eigenvalue weighted by Crippen LogP contribution is -2.53. The molecule has 4 nitrogen and oxygen atoms in total. The highest BCUT2D eigenvalue weighted by atomic mass is 19.1. The summed E-state index contributed by atoms with van der Waals surface area (Å²) in [4.78, 5) is 11.3. The number of alkyl carbamates (subject to hydrolysis) is 1. The molecule has 5 heteroatoms. The molecule has 0 radical (unpaired) electrons. The average molecular weight is 218 g/mol. The van der Waals surface area contributed by atoms with E-state index in [0.29, 0.717) is 19.5 Å². The maximum Gasteiger partial charge on any atom is 0.408 e. The maximum absolute atomic E-state index is 13.3. The smallest absolute Gasteiger partial charge is 0.408 e. The lowest BCUT2D eigenvalue weighted by atomic mass is 10.1. The molecule has 2 atom stereocenters. The Morgan fingerprint density at radius 1 is 1.53 bits per heavy atom. The molecule has 1 amide bonds. The fourth-order valence-electron chi connectivity index (χ4n) is 1.43. The van der Waals surface area contributed by atoms with Crippen molar-refractivity contribution < 1.29 is 13.9 Å². The minimum absolute atomic E-state index is 0.431. The van der Waals surface area contributed by atoms with Crippen LogP contribution in [0.3, 0.4) is 0 Å². The number of carbonyl (C=O) groups excluding carboxylic acids is 1. The Morgan fingerprint density at radius 2 is 2.20 bits per heavy atom. The first-order valence-corrected chi connectivity index (χ1v) is 5.23. The third-order valence-corrected chi connectivity index (χ3v) is 2.10. The lowest BCUT2D eigenvalue weighted by molar-refractivity contribution is 0.0459. The molecule has 0 aliphatic carbocycles. The standard InChI is InChI=1S/C10H19FN2O2/c1-10(2,3)15-9(14)13-8-6-12-5-4-7(8)11/h7-8,12H,4-6H2,1-3H3,(H,13,14). The van der Waals surface area contributed by atoms with E-state index in [1.54, 1.807) is 20.8 Å². The van der Waals surface area contributed by atoms with Crippen LogP contribution in [0.25, 0.3) is 0 Å². The van der Waals surface area contributed by atoms with Gasteiger partial charge in [-0.15, -0.1) is 0 Å². The molecule has 1 aliphatic rings. The van der Waals surface area contributed by atoms with Crippen molar-refractivity contribution in [3.63, 3.8) is 0 Å². The van der Waals surface area contributed by atoms with E-state index in [1.165, 1.54) is 0 Å². The molecule has 2 N–H and O–H groups in total. The summed E-state index contributed by atoms with van der Waals surface area (Å²) in [5, 5.41) is 5.55. The summed E-state index contributed by atoms with van der Waals surface area (Å²) in [5.74, 6) is 0. The minimum atomic E-state index is -0.987. The van der Waals surface area contributed by atoms with Crippen LogP contribution in [0.4, 0.5) is 9.18 Å². The van der Waals surface area contributed by atoms with Gasteiger partial charge in [0, 0.05) is 6.54 Å². The van der Waals surface area contributed by atoms with Gasteiger partial charge in [-0.3, -0.25) is 0 Å². The van der Waals surface area contributed by atoms with Gasteiger partial charge >= 0.3 is 6.09 Å². The second-order valence-electron chi connectivity index (χ2n) is 4.76. The summed E-state index contributed by atoms with van der Waals surface area (Å²) < 4.78 is 18.4. The number of alkyl halides is 1. The van der Waals surface area contributed by atoms with E-state index in [1.807, 2.05) is 0 Å². The first kappa shape index (κ1) is 12.2. The number of carbonyl (C=O) groups is 1. The molecule has 0 aromatic rings. The molecule has 2 unspecified atom stereocenters. The van der Waals surface area contributed by atoms with Crippen molar-refractivity contribution in [2.75, 3.05) is 13.1 Å². The maximum atomic E-state index is 13.3. The Bertz CT molecular complexity index is 228. The molecule has 0 spiro atoms. The van der Waals surface area contributed by atoms with Gasteiger partial charge < -0.3 is 15.4 Å². The van der Waals surface area contributed by atoms with E-state index >= 15 is 0 Å². The molecule has 0 saturated carbocycles. The first-order chi connectivity index (χ1) is 6.88. The zero-order valence-corrected chi connectivity index (χ0v) is 9.47. The highest BCUT2D eigenvalue weighted by Gasteiger charge is 2.27. The van der Waals surface area contributed by atoms with Crippen LogP contribution in [-0.4, -0.2) is 37.0 Å². The van der Waals surface area contributed by atoms with Crippen molar-refractivity contribution in [1.82, 2.24) is 10.6 Å². The normalized spacial score (nSPS) is 27.2. The Kier molecular flexibility index (Phi) is 3.90.